The van der Waals surface area contributed by atoms with Gasteiger partial charge >= 0.3 is 0 Å². The first-order valence-electron chi connectivity index (χ1n) is 8.13. The molecular formula is C17H29N3. The van der Waals surface area contributed by atoms with Crippen molar-refractivity contribution in [3.05, 3.63) is 30.1 Å². The van der Waals surface area contributed by atoms with Crippen molar-refractivity contribution in [2.24, 2.45) is 0 Å². The second-order valence-electron chi connectivity index (χ2n) is 6.00. The lowest BCUT2D eigenvalue weighted by atomic mass is 9.89. The van der Waals surface area contributed by atoms with Gasteiger partial charge < -0.3 is 10.2 Å². The first-order valence-corrected chi connectivity index (χ1v) is 8.13. The Bertz CT molecular complexity index is 366. The van der Waals surface area contributed by atoms with Crippen LogP contribution < -0.4 is 5.32 Å². The lowest BCUT2D eigenvalue weighted by Crippen LogP contribution is -2.51. The van der Waals surface area contributed by atoms with Gasteiger partial charge in [0, 0.05) is 31.0 Å². The molecule has 20 heavy (non-hydrogen) atoms. The summed E-state index contributed by atoms with van der Waals surface area (Å²) >= 11 is 0. The number of hydrogen-bond acceptors (Lipinski definition) is 3. The van der Waals surface area contributed by atoms with Crippen molar-refractivity contribution in [2.75, 3.05) is 20.1 Å². The van der Waals surface area contributed by atoms with Crippen LogP contribution in [-0.4, -0.2) is 42.1 Å². The molecule has 112 valence electrons. The van der Waals surface area contributed by atoms with E-state index in [-0.39, 0.29) is 0 Å². The van der Waals surface area contributed by atoms with E-state index in [1.807, 2.05) is 12.4 Å². The Hall–Kier alpha value is -0.930. The zero-order chi connectivity index (χ0) is 14.2. The number of hydrogen-bond donors (Lipinski definition) is 1. The summed E-state index contributed by atoms with van der Waals surface area (Å²) in [6, 6.07) is 5.64. The fraction of sp³-hybridized carbons (Fsp3) is 0.706. The van der Waals surface area contributed by atoms with Crippen LogP contribution >= 0.6 is 0 Å². The Kier molecular flexibility index (Phi) is 6.48. The number of aromatic nitrogens is 1. The summed E-state index contributed by atoms with van der Waals surface area (Å²) in [6.07, 6.45) is 11.6. The number of nitrogens with zero attached hydrogens (tertiary/aromatic N) is 2. The molecule has 0 saturated heterocycles. The molecule has 1 aromatic rings. The molecule has 1 fully saturated rings. The van der Waals surface area contributed by atoms with E-state index in [1.165, 1.54) is 37.7 Å². The molecule has 2 atom stereocenters. The van der Waals surface area contributed by atoms with Crippen molar-refractivity contribution in [1.29, 1.82) is 0 Å². The maximum atomic E-state index is 4.08. The molecule has 1 aliphatic rings. The van der Waals surface area contributed by atoms with Crippen molar-refractivity contribution in [1.82, 2.24) is 15.2 Å². The van der Waals surface area contributed by atoms with E-state index in [4.69, 9.17) is 0 Å². The van der Waals surface area contributed by atoms with E-state index in [0.717, 1.165) is 19.5 Å². The number of nitrogens with one attached hydrogen (secondary N) is 1. The lowest BCUT2D eigenvalue weighted by molar-refractivity contribution is 0.151. The van der Waals surface area contributed by atoms with Gasteiger partial charge in [-0.25, -0.2) is 0 Å². The first-order chi connectivity index (χ1) is 9.81. The van der Waals surface area contributed by atoms with Crippen LogP contribution in [0.2, 0.25) is 0 Å². The zero-order valence-electron chi connectivity index (χ0n) is 13.0. The van der Waals surface area contributed by atoms with E-state index in [0.29, 0.717) is 12.1 Å². The number of pyridine rings is 1. The molecule has 0 aromatic carbocycles. The third-order valence-corrected chi connectivity index (χ3v) is 4.45. The Morgan fingerprint density at radius 1 is 1.25 bits per heavy atom. The van der Waals surface area contributed by atoms with Crippen LogP contribution in [0.5, 0.6) is 0 Å². The van der Waals surface area contributed by atoms with E-state index < -0.39 is 0 Å². The molecule has 3 heteroatoms. The second kappa shape index (κ2) is 8.38. The maximum absolute atomic E-state index is 4.08. The summed E-state index contributed by atoms with van der Waals surface area (Å²) in [5, 5.41) is 3.75. The van der Waals surface area contributed by atoms with Crippen LogP contribution in [0.15, 0.2) is 24.5 Å². The summed E-state index contributed by atoms with van der Waals surface area (Å²) in [6.45, 7) is 4.54. The van der Waals surface area contributed by atoms with E-state index >= 15 is 0 Å². The van der Waals surface area contributed by atoms with Crippen molar-refractivity contribution in [3.8, 4) is 0 Å². The van der Waals surface area contributed by atoms with Crippen molar-refractivity contribution < 1.29 is 0 Å². The molecule has 1 aromatic heterocycles. The molecule has 3 nitrogen and oxygen atoms in total. The molecule has 0 aliphatic heterocycles. The van der Waals surface area contributed by atoms with Crippen LogP contribution in [0.3, 0.4) is 0 Å². The smallest absolute Gasteiger partial charge is 0.0270 e. The number of rotatable bonds is 7. The fourth-order valence-electron chi connectivity index (χ4n) is 3.23. The van der Waals surface area contributed by atoms with Gasteiger partial charge in [-0.15, -0.1) is 0 Å². The highest BCUT2D eigenvalue weighted by Crippen LogP contribution is 2.22. The third kappa shape index (κ3) is 4.57. The molecule has 2 unspecified atom stereocenters. The summed E-state index contributed by atoms with van der Waals surface area (Å²) in [5.41, 5.74) is 1.39. The average molecular weight is 275 g/mol. The normalized spacial score (nSPS) is 23.1. The van der Waals surface area contributed by atoms with Gasteiger partial charge in [-0.2, -0.15) is 0 Å². The predicted molar refractivity (Wildman–Crippen MR) is 84.9 cm³/mol. The van der Waals surface area contributed by atoms with Gasteiger partial charge in [0.05, 0.1) is 0 Å². The van der Waals surface area contributed by atoms with Gasteiger partial charge in [0.15, 0.2) is 0 Å². The Morgan fingerprint density at radius 2 is 2.00 bits per heavy atom. The van der Waals surface area contributed by atoms with Crippen LogP contribution in [0.25, 0.3) is 0 Å². The first kappa shape index (κ1) is 15.5. The monoisotopic (exact) mass is 275 g/mol. The summed E-state index contributed by atoms with van der Waals surface area (Å²) in [7, 11) is 2.29. The minimum absolute atomic E-state index is 0.686. The molecule has 1 saturated carbocycles. The van der Waals surface area contributed by atoms with Crippen molar-refractivity contribution in [3.63, 3.8) is 0 Å². The average Bonchev–Trinajstić information content (AvgIpc) is 2.52. The maximum Gasteiger partial charge on any atom is 0.0270 e. The molecule has 0 amide bonds. The van der Waals surface area contributed by atoms with Crippen LogP contribution in [0, 0.1) is 0 Å². The SMILES string of the molecule is CCCNC1CCCCC1N(C)CCc1ccncc1. The van der Waals surface area contributed by atoms with Crippen molar-refractivity contribution in [2.45, 2.75) is 57.5 Å². The second-order valence-corrected chi connectivity index (χ2v) is 6.00. The molecule has 1 aliphatic carbocycles. The van der Waals surface area contributed by atoms with Gasteiger partial charge in [-0.1, -0.05) is 19.8 Å². The third-order valence-electron chi connectivity index (χ3n) is 4.45. The minimum atomic E-state index is 0.686. The van der Waals surface area contributed by atoms with Gasteiger partial charge in [0.2, 0.25) is 0 Å². The molecule has 0 radical (unpaired) electrons. The molecule has 1 N–H and O–H groups in total. The Labute approximate surface area is 123 Å². The van der Waals surface area contributed by atoms with E-state index in [9.17, 15) is 0 Å². The van der Waals surface area contributed by atoms with Crippen molar-refractivity contribution >= 4 is 0 Å². The molecular weight excluding hydrogens is 246 g/mol. The molecule has 2 rings (SSSR count). The zero-order valence-corrected chi connectivity index (χ0v) is 13.0. The topological polar surface area (TPSA) is 28.2 Å². The predicted octanol–water partition coefficient (Wildman–Crippen LogP) is 2.87. The lowest BCUT2D eigenvalue weighted by Gasteiger charge is -2.38. The highest BCUT2D eigenvalue weighted by atomic mass is 15.2. The highest BCUT2D eigenvalue weighted by molar-refractivity contribution is 5.10. The van der Waals surface area contributed by atoms with Gasteiger partial charge in [-0.3, -0.25) is 4.98 Å². The number of likely N-dealkylation sites (N-methyl/N-ethyl adjacent to an activating group) is 1. The van der Waals surface area contributed by atoms with Crippen LogP contribution in [0.4, 0.5) is 0 Å². The van der Waals surface area contributed by atoms with Crippen LogP contribution in [-0.2, 0) is 6.42 Å². The van der Waals surface area contributed by atoms with E-state index in [2.05, 4.69) is 41.3 Å². The fourth-order valence-corrected chi connectivity index (χ4v) is 3.23. The van der Waals surface area contributed by atoms with Gasteiger partial charge in [0.1, 0.15) is 0 Å². The molecule has 0 bridgehead atoms. The van der Waals surface area contributed by atoms with Gasteiger partial charge in [0.25, 0.3) is 0 Å². The quantitative estimate of drug-likeness (QED) is 0.829. The largest absolute Gasteiger partial charge is 0.312 e. The summed E-state index contributed by atoms with van der Waals surface area (Å²) < 4.78 is 0. The van der Waals surface area contributed by atoms with Gasteiger partial charge in [-0.05, 0) is 57.0 Å². The minimum Gasteiger partial charge on any atom is -0.312 e. The van der Waals surface area contributed by atoms with E-state index in [1.54, 1.807) is 0 Å². The van der Waals surface area contributed by atoms with Crippen LogP contribution in [0.1, 0.15) is 44.6 Å². The summed E-state index contributed by atoms with van der Waals surface area (Å²) in [4.78, 5) is 6.65. The standard InChI is InChI=1S/C17H29N3/c1-3-11-19-16-6-4-5-7-17(16)20(2)14-10-15-8-12-18-13-9-15/h8-9,12-13,16-17,19H,3-7,10-11,14H2,1-2H3. The Balaban J connectivity index is 1.84. The molecule has 1 heterocycles. The highest BCUT2D eigenvalue weighted by Gasteiger charge is 2.27. The summed E-state index contributed by atoms with van der Waals surface area (Å²) in [5.74, 6) is 0. The Morgan fingerprint density at radius 3 is 2.75 bits per heavy atom. The molecule has 0 spiro atoms.